The lowest BCUT2D eigenvalue weighted by Gasteiger charge is -1.93. The van der Waals surface area contributed by atoms with Crippen molar-refractivity contribution in [3.8, 4) is 0 Å². The molecule has 1 aromatic carbocycles. The zero-order valence-electron chi connectivity index (χ0n) is 7.44. The number of diazo groups is 1. The summed E-state index contributed by atoms with van der Waals surface area (Å²) in [4.78, 5) is 11.2. The highest BCUT2D eigenvalue weighted by molar-refractivity contribution is 7.86. The maximum atomic E-state index is 10.7. The van der Waals surface area contributed by atoms with E-state index in [-0.39, 0.29) is 12.4 Å². The van der Waals surface area contributed by atoms with Crippen molar-refractivity contribution in [2.24, 2.45) is 0 Å². The SMILES string of the molecule is N#[N+]c1ccc([N+](=O)[O-])cc1S(=O)(=O)O.[Cl-]. The van der Waals surface area contributed by atoms with Gasteiger partial charge in [-0.15, -0.1) is 0 Å². The molecule has 1 N–H and O–H groups in total. The first kappa shape index (κ1) is 14.2. The number of benzene rings is 1. The second-order valence-corrected chi connectivity index (χ2v) is 3.87. The van der Waals surface area contributed by atoms with Crippen LogP contribution in [0.15, 0.2) is 23.1 Å². The summed E-state index contributed by atoms with van der Waals surface area (Å²) in [6.07, 6.45) is 0. The van der Waals surface area contributed by atoms with Gasteiger partial charge in [-0.3, -0.25) is 14.7 Å². The van der Waals surface area contributed by atoms with Gasteiger partial charge in [0.1, 0.15) is 0 Å². The molecule has 1 rings (SSSR count). The van der Waals surface area contributed by atoms with Crippen LogP contribution in [-0.2, 0) is 10.1 Å². The highest BCUT2D eigenvalue weighted by atomic mass is 35.5. The molecule has 86 valence electrons. The Morgan fingerprint density at radius 1 is 1.44 bits per heavy atom. The van der Waals surface area contributed by atoms with Crippen LogP contribution >= 0.6 is 0 Å². The first-order chi connectivity index (χ1) is 6.86. The molecule has 0 aliphatic heterocycles. The van der Waals surface area contributed by atoms with Crippen LogP contribution in [0.25, 0.3) is 4.98 Å². The lowest BCUT2D eigenvalue weighted by atomic mass is 10.3. The van der Waals surface area contributed by atoms with Crippen molar-refractivity contribution in [3.63, 3.8) is 0 Å². The van der Waals surface area contributed by atoms with Crippen LogP contribution in [0.5, 0.6) is 0 Å². The van der Waals surface area contributed by atoms with Crippen LogP contribution in [-0.4, -0.2) is 17.9 Å². The first-order valence-corrected chi connectivity index (χ1v) is 4.91. The number of hydrogen-bond acceptors (Lipinski definition) is 5. The second-order valence-electron chi connectivity index (χ2n) is 2.48. The molecule has 0 saturated carbocycles. The van der Waals surface area contributed by atoms with Gasteiger partial charge in [-0.05, 0) is 0 Å². The molecule has 0 bridgehead atoms. The largest absolute Gasteiger partial charge is 1.00 e. The van der Waals surface area contributed by atoms with Gasteiger partial charge < -0.3 is 12.4 Å². The Labute approximate surface area is 95.8 Å². The van der Waals surface area contributed by atoms with E-state index in [9.17, 15) is 18.5 Å². The number of hydrogen-bond donors (Lipinski definition) is 1. The summed E-state index contributed by atoms with van der Waals surface area (Å²) >= 11 is 0. The van der Waals surface area contributed by atoms with Crippen LogP contribution in [0.3, 0.4) is 0 Å². The Balaban J connectivity index is 0.00000225. The number of rotatable bonds is 2. The van der Waals surface area contributed by atoms with Crippen molar-refractivity contribution >= 4 is 21.5 Å². The minimum absolute atomic E-state index is 0. The van der Waals surface area contributed by atoms with Crippen LogP contribution in [0.2, 0.25) is 0 Å². The van der Waals surface area contributed by atoms with E-state index in [4.69, 9.17) is 9.95 Å². The molecule has 0 fully saturated rings. The zero-order chi connectivity index (χ0) is 11.6. The van der Waals surface area contributed by atoms with Crippen molar-refractivity contribution in [1.82, 2.24) is 0 Å². The highest BCUT2D eigenvalue weighted by Crippen LogP contribution is 2.28. The minimum atomic E-state index is -4.66. The molecular weight excluding hydrogens is 262 g/mol. The van der Waals surface area contributed by atoms with Gasteiger partial charge >= 0.3 is 15.8 Å². The third-order valence-electron chi connectivity index (χ3n) is 1.54. The smallest absolute Gasteiger partial charge is 0.406 e. The van der Waals surface area contributed by atoms with Crippen molar-refractivity contribution in [2.45, 2.75) is 4.90 Å². The Morgan fingerprint density at radius 2 is 2.00 bits per heavy atom. The van der Waals surface area contributed by atoms with Gasteiger partial charge in [0.2, 0.25) is 5.39 Å². The molecule has 10 heteroatoms. The highest BCUT2D eigenvalue weighted by Gasteiger charge is 2.27. The van der Waals surface area contributed by atoms with Gasteiger partial charge in [-0.1, -0.05) is 0 Å². The van der Waals surface area contributed by atoms with Crippen molar-refractivity contribution in [1.29, 1.82) is 5.39 Å². The second kappa shape index (κ2) is 4.84. The van der Waals surface area contributed by atoms with Gasteiger partial charge in [0.15, 0.2) is 9.87 Å². The van der Waals surface area contributed by atoms with E-state index in [1.54, 1.807) is 0 Å². The molecular formula is C6H4ClN3O5S. The number of non-ortho nitro benzene ring substituents is 1. The Kier molecular flexibility index (Phi) is 4.31. The fourth-order valence-corrected chi connectivity index (χ4v) is 1.55. The van der Waals surface area contributed by atoms with Crippen LogP contribution in [0, 0.1) is 15.5 Å². The molecule has 0 radical (unpaired) electrons. The Morgan fingerprint density at radius 3 is 2.38 bits per heavy atom. The van der Waals surface area contributed by atoms with E-state index in [0.717, 1.165) is 12.1 Å². The van der Waals surface area contributed by atoms with E-state index in [1.807, 2.05) is 0 Å². The molecule has 0 atom stereocenters. The third-order valence-corrected chi connectivity index (χ3v) is 2.42. The van der Waals surface area contributed by atoms with E-state index in [1.165, 1.54) is 0 Å². The van der Waals surface area contributed by atoms with Gasteiger partial charge in [-0.2, -0.15) is 8.42 Å². The monoisotopic (exact) mass is 265 g/mol. The molecule has 0 aliphatic rings. The number of halogens is 1. The molecule has 0 unspecified atom stereocenters. The van der Waals surface area contributed by atoms with Crippen LogP contribution in [0.1, 0.15) is 0 Å². The van der Waals surface area contributed by atoms with Gasteiger partial charge in [0.05, 0.1) is 4.92 Å². The Bertz CT molecular complexity index is 564. The van der Waals surface area contributed by atoms with Gasteiger partial charge in [0, 0.05) is 18.2 Å². The van der Waals surface area contributed by atoms with E-state index in [2.05, 4.69) is 4.98 Å². The average Bonchev–Trinajstić information content (AvgIpc) is 2.15. The molecule has 0 heterocycles. The number of nitro benzene ring substituents is 1. The fraction of sp³-hybridized carbons (Fsp3) is 0. The van der Waals surface area contributed by atoms with Crippen LogP contribution in [0.4, 0.5) is 11.4 Å². The lowest BCUT2D eigenvalue weighted by molar-refractivity contribution is -0.385. The lowest BCUT2D eigenvalue weighted by Crippen LogP contribution is -3.00. The summed E-state index contributed by atoms with van der Waals surface area (Å²) < 4.78 is 30.2. The summed E-state index contributed by atoms with van der Waals surface area (Å²) in [6.45, 7) is 0. The summed E-state index contributed by atoms with van der Waals surface area (Å²) in [5.74, 6) is 0. The average molecular weight is 266 g/mol. The topological polar surface area (TPSA) is 126 Å². The van der Waals surface area contributed by atoms with E-state index >= 15 is 0 Å². The van der Waals surface area contributed by atoms with Crippen molar-refractivity contribution < 1.29 is 30.3 Å². The zero-order valence-corrected chi connectivity index (χ0v) is 9.01. The van der Waals surface area contributed by atoms with Gasteiger partial charge in [-0.25, -0.2) is 0 Å². The van der Waals surface area contributed by atoms with E-state index in [0.29, 0.717) is 6.07 Å². The summed E-state index contributed by atoms with van der Waals surface area (Å²) in [5.41, 5.74) is -1.00. The predicted molar refractivity (Wildman–Crippen MR) is 47.7 cm³/mol. The molecule has 1 aromatic rings. The van der Waals surface area contributed by atoms with Crippen LogP contribution < -0.4 is 12.4 Å². The summed E-state index contributed by atoms with van der Waals surface area (Å²) in [5, 5.41) is 18.7. The minimum Gasteiger partial charge on any atom is -1.00 e. The summed E-state index contributed by atoms with van der Waals surface area (Å²) in [6, 6.07) is 2.45. The number of nitro groups is 1. The molecule has 0 aromatic heterocycles. The standard InChI is InChI=1S/C6H3N3O5S.ClH/c7-8-5-2-1-4(9(10)11)3-6(5)15(12,13)14;/h1-3H;1H. The third kappa shape index (κ3) is 2.86. The Hall–Kier alpha value is -1.76. The molecule has 0 aliphatic carbocycles. The first-order valence-electron chi connectivity index (χ1n) is 3.47. The normalized spacial score (nSPS) is 10.0. The maximum absolute atomic E-state index is 10.7. The molecule has 16 heavy (non-hydrogen) atoms. The van der Waals surface area contributed by atoms with Gasteiger partial charge in [0.25, 0.3) is 5.69 Å². The quantitative estimate of drug-likeness (QED) is 0.295. The predicted octanol–water partition coefficient (Wildman–Crippen LogP) is -1.67. The fourth-order valence-electron chi connectivity index (χ4n) is 0.906. The maximum Gasteiger partial charge on any atom is 0.406 e. The van der Waals surface area contributed by atoms with Crippen molar-refractivity contribution in [3.05, 3.63) is 33.3 Å². The molecule has 0 spiro atoms. The molecule has 0 saturated heterocycles. The number of nitrogens with zero attached hydrogens (tertiary/aromatic N) is 3. The van der Waals surface area contributed by atoms with E-state index < -0.39 is 31.3 Å². The van der Waals surface area contributed by atoms with Crippen molar-refractivity contribution in [2.75, 3.05) is 0 Å². The summed E-state index contributed by atoms with van der Waals surface area (Å²) in [7, 11) is -4.66. The molecule has 0 amide bonds. The molecule has 8 nitrogen and oxygen atoms in total.